The summed E-state index contributed by atoms with van der Waals surface area (Å²) in [4.78, 5) is 4.44. The molecule has 0 radical (unpaired) electrons. The number of nitrogens with zero attached hydrogens (tertiary/aromatic N) is 2. The zero-order valence-corrected chi connectivity index (χ0v) is 11.6. The number of hydrogen-bond acceptors (Lipinski definition) is 3. The van der Waals surface area contributed by atoms with Crippen LogP contribution < -0.4 is 4.72 Å². The first-order valence-corrected chi connectivity index (χ1v) is 7.56. The third kappa shape index (κ3) is 2.37. The molecular formula is C14H13N3O2S. The number of benzene rings is 1. The molecule has 0 unspecified atom stereocenters. The van der Waals surface area contributed by atoms with Crippen LogP contribution in [-0.2, 0) is 10.0 Å². The highest BCUT2D eigenvalue weighted by molar-refractivity contribution is 7.92. The number of fused-ring (bicyclic) bond motifs is 1. The Hall–Kier alpha value is -2.34. The van der Waals surface area contributed by atoms with E-state index in [0.717, 1.165) is 5.56 Å². The van der Waals surface area contributed by atoms with Crippen molar-refractivity contribution in [1.29, 1.82) is 0 Å². The first kappa shape index (κ1) is 12.7. The Morgan fingerprint density at radius 1 is 1.10 bits per heavy atom. The van der Waals surface area contributed by atoms with E-state index in [-0.39, 0.29) is 4.90 Å². The lowest BCUT2D eigenvalue weighted by Crippen LogP contribution is -2.13. The molecule has 0 spiro atoms. The Morgan fingerprint density at radius 2 is 1.85 bits per heavy atom. The highest BCUT2D eigenvalue weighted by Gasteiger charge is 2.15. The Morgan fingerprint density at radius 3 is 2.55 bits per heavy atom. The molecule has 6 heteroatoms. The van der Waals surface area contributed by atoms with E-state index in [2.05, 4.69) is 9.71 Å². The highest BCUT2D eigenvalue weighted by Crippen LogP contribution is 2.16. The van der Waals surface area contributed by atoms with Gasteiger partial charge in [0, 0.05) is 6.20 Å². The van der Waals surface area contributed by atoms with Gasteiger partial charge in [-0.2, -0.15) is 0 Å². The first-order valence-electron chi connectivity index (χ1n) is 6.08. The molecule has 5 nitrogen and oxygen atoms in total. The maximum absolute atomic E-state index is 12.2. The average Bonchev–Trinajstić information content (AvgIpc) is 2.80. The van der Waals surface area contributed by atoms with E-state index in [9.17, 15) is 8.42 Å². The van der Waals surface area contributed by atoms with Crippen LogP contribution in [0.3, 0.4) is 0 Å². The number of nitrogens with one attached hydrogen (secondary N) is 1. The van der Waals surface area contributed by atoms with Crippen molar-refractivity contribution in [3.8, 4) is 0 Å². The van der Waals surface area contributed by atoms with E-state index >= 15 is 0 Å². The van der Waals surface area contributed by atoms with Gasteiger partial charge in [0.15, 0.2) is 5.82 Å². The normalized spacial score (nSPS) is 11.7. The number of hydrogen-bond donors (Lipinski definition) is 1. The molecule has 0 saturated heterocycles. The molecular weight excluding hydrogens is 274 g/mol. The molecule has 0 atom stereocenters. The maximum Gasteiger partial charge on any atom is 0.263 e. The van der Waals surface area contributed by atoms with Crippen LogP contribution in [0.15, 0.2) is 59.8 Å². The summed E-state index contributed by atoms with van der Waals surface area (Å²) >= 11 is 0. The van der Waals surface area contributed by atoms with Gasteiger partial charge in [-0.3, -0.25) is 4.72 Å². The lowest BCUT2D eigenvalue weighted by molar-refractivity contribution is 0.601. The molecule has 0 aliphatic carbocycles. The largest absolute Gasteiger partial charge is 0.305 e. The smallest absolute Gasteiger partial charge is 0.263 e. The second-order valence-electron chi connectivity index (χ2n) is 4.51. The van der Waals surface area contributed by atoms with Gasteiger partial charge in [-0.05, 0) is 31.2 Å². The zero-order valence-electron chi connectivity index (χ0n) is 10.8. The van der Waals surface area contributed by atoms with Gasteiger partial charge < -0.3 is 4.40 Å². The van der Waals surface area contributed by atoms with Crippen LogP contribution in [0.1, 0.15) is 5.56 Å². The van der Waals surface area contributed by atoms with Gasteiger partial charge in [-0.25, -0.2) is 13.4 Å². The van der Waals surface area contributed by atoms with E-state index in [1.165, 1.54) is 0 Å². The molecule has 0 fully saturated rings. The first-order chi connectivity index (χ1) is 9.54. The SMILES string of the molecule is Cc1ccc(S(=O)(=O)Nc2cn3ccccc3n2)cc1. The second-order valence-corrected chi connectivity index (χ2v) is 6.19. The van der Waals surface area contributed by atoms with Gasteiger partial charge in [-0.15, -0.1) is 0 Å². The molecule has 0 aliphatic heterocycles. The number of aryl methyl sites for hydroxylation is 1. The summed E-state index contributed by atoms with van der Waals surface area (Å²) in [5.74, 6) is 0.303. The van der Waals surface area contributed by atoms with Crippen LogP contribution in [0.5, 0.6) is 0 Å². The van der Waals surface area contributed by atoms with Crippen LogP contribution in [0.25, 0.3) is 5.65 Å². The Bertz CT molecular complexity index is 819. The predicted molar refractivity (Wildman–Crippen MR) is 77.2 cm³/mol. The minimum absolute atomic E-state index is 0.222. The predicted octanol–water partition coefficient (Wildman–Crippen LogP) is 2.44. The summed E-state index contributed by atoms with van der Waals surface area (Å²) < 4.78 is 28.7. The average molecular weight is 287 g/mol. The topological polar surface area (TPSA) is 63.5 Å². The lowest BCUT2D eigenvalue weighted by atomic mass is 10.2. The van der Waals surface area contributed by atoms with Crippen molar-refractivity contribution in [1.82, 2.24) is 9.38 Å². The van der Waals surface area contributed by atoms with Crippen molar-refractivity contribution in [2.45, 2.75) is 11.8 Å². The van der Waals surface area contributed by atoms with Gasteiger partial charge in [0.1, 0.15) is 5.65 Å². The summed E-state index contributed by atoms with van der Waals surface area (Å²) in [6, 6.07) is 12.2. The number of anilines is 1. The standard InChI is InChI=1S/C14H13N3O2S/c1-11-5-7-12(8-6-11)20(18,19)16-13-10-17-9-3-2-4-14(17)15-13/h2-10,16H,1H3. The van der Waals surface area contributed by atoms with Crippen LogP contribution in [0, 0.1) is 6.92 Å². The Kier molecular flexibility index (Phi) is 2.94. The molecule has 0 saturated carbocycles. The number of imidazole rings is 1. The molecule has 3 aromatic rings. The molecule has 20 heavy (non-hydrogen) atoms. The summed E-state index contributed by atoms with van der Waals surface area (Å²) in [5, 5.41) is 0. The monoisotopic (exact) mass is 287 g/mol. The van der Waals surface area contributed by atoms with Crippen molar-refractivity contribution in [3.63, 3.8) is 0 Å². The fourth-order valence-corrected chi connectivity index (χ4v) is 2.88. The molecule has 1 N–H and O–H groups in total. The van der Waals surface area contributed by atoms with Crippen molar-refractivity contribution in [3.05, 3.63) is 60.4 Å². The fraction of sp³-hybridized carbons (Fsp3) is 0.0714. The van der Waals surface area contributed by atoms with Crippen LogP contribution >= 0.6 is 0 Å². The Labute approximate surface area is 117 Å². The quantitative estimate of drug-likeness (QED) is 0.804. The van der Waals surface area contributed by atoms with Gasteiger partial charge in [0.2, 0.25) is 0 Å². The molecule has 102 valence electrons. The summed E-state index contributed by atoms with van der Waals surface area (Å²) in [5.41, 5.74) is 1.70. The van der Waals surface area contributed by atoms with Crippen LogP contribution in [0.2, 0.25) is 0 Å². The lowest BCUT2D eigenvalue weighted by Gasteiger charge is -2.05. The van der Waals surface area contributed by atoms with Crippen molar-refractivity contribution < 1.29 is 8.42 Å². The van der Waals surface area contributed by atoms with Crippen molar-refractivity contribution >= 4 is 21.5 Å². The minimum atomic E-state index is -3.60. The minimum Gasteiger partial charge on any atom is -0.305 e. The molecule has 0 bridgehead atoms. The second kappa shape index (κ2) is 4.64. The van der Waals surface area contributed by atoms with Gasteiger partial charge >= 0.3 is 0 Å². The highest BCUT2D eigenvalue weighted by atomic mass is 32.2. The number of pyridine rings is 1. The molecule has 0 aliphatic rings. The van der Waals surface area contributed by atoms with E-state index in [1.807, 2.05) is 31.3 Å². The molecule has 3 rings (SSSR count). The molecule has 2 heterocycles. The molecule has 1 aromatic carbocycles. The van der Waals surface area contributed by atoms with Crippen LogP contribution in [0.4, 0.5) is 5.82 Å². The van der Waals surface area contributed by atoms with Gasteiger partial charge in [0.25, 0.3) is 10.0 Å². The maximum atomic E-state index is 12.2. The number of aromatic nitrogens is 2. The van der Waals surface area contributed by atoms with Crippen molar-refractivity contribution in [2.75, 3.05) is 4.72 Å². The van der Waals surface area contributed by atoms with E-state index < -0.39 is 10.0 Å². The number of sulfonamides is 1. The summed E-state index contributed by atoms with van der Waals surface area (Å²) in [6.07, 6.45) is 3.45. The van der Waals surface area contributed by atoms with E-state index in [4.69, 9.17) is 0 Å². The fourth-order valence-electron chi connectivity index (χ4n) is 1.90. The van der Waals surface area contributed by atoms with Crippen molar-refractivity contribution in [2.24, 2.45) is 0 Å². The van der Waals surface area contributed by atoms with Crippen LogP contribution in [-0.4, -0.2) is 17.8 Å². The number of rotatable bonds is 3. The van der Waals surface area contributed by atoms with E-state index in [1.54, 1.807) is 34.9 Å². The summed E-state index contributed by atoms with van der Waals surface area (Å²) in [6.45, 7) is 1.91. The third-order valence-corrected chi connectivity index (χ3v) is 4.30. The van der Waals surface area contributed by atoms with Gasteiger partial charge in [-0.1, -0.05) is 23.8 Å². The zero-order chi connectivity index (χ0) is 14.2. The Balaban J connectivity index is 1.94. The van der Waals surface area contributed by atoms with Gasteiger partial charge in [0.05, 0.1) is 11.1 Å². The summed E-state index contributed by atoms with van der Waals surface area (Å²) in [7, 11) is -3.60. The molecule has 0 amide bonds. The third-order valence-electron chi connectivity index (χ3n) is 2.93. The molecule has 2 aromatic heterocycles. The van der Waals surface area contributed by atoms with E-state index in [0.29, 0.717) is 11.5 Å².